The first-order valence-electron chi connectivity index (χ1n) is 8.61. The molecule has 0 unspecified atom stereocenters. The van der Waals surface area contributed by atoms with E-state index in [9.17, 15) is 0 Å². The summed E-state index contributed by atoms with van der Waals surface area (Å²) in [6.07, 6.45) is 7.07. The van der Waals surface area contributed by atoms with Crippen LogP contribution >= 0.6 is 11.3 Å². The molecule has 0 aliphatic carbocycles. The van der Waals surface area contributed by atoms with Gasteiger partial charge in [0.2, 0.25) is 0 Å². The number of hydrogen-bond acceptors (Lipinski definition) is 5. The van der Waals surface area contributed by atoms with Gasteiger partial charge < -0.3 is 14.6 Å². The summed E-state index contributed by atoms with van der Waals surface area (Å²) in [6, 6.07) is 8.21. The quantitative estimate of drug-likeness (QED) is 0.584. The molecule has 5 nitrogen and oxygen atoms in total. The van der Waals surface area contributed by atoms with Crippen molar-refractivity contribution in [2.45, 2.75) is 6.42 Å². The van der Waals surface area contributed by atoms with E-state index >= 15 is 0 Å². The smallest absolute Gasteiger partial charge is 0.150 e. The van der Waals surface area contributed by atoms with Crippen molar-refractivity contribution in [1.82, 2.24) is 15.0 Å². The Balaban J connectivity index is 1.48. The minimum Gasteiger partial charge on any atom is -0.497 e. The third-order valence-electron chi connectivity index (χ3n) is 4.97. The van der Waals surface area contributed by atoms with Crippen molar-refractivity contribution in [3.05, 3.63) is 53.8 Å². The van der Waals surface area contributed by atoms with Crippen LogP contribution in [0.4, 0.5) is 5.82 Å². The molecular weight excluding hydrogens is 344 g/mol. The highest BCUT2D eigenvalue weighted by Gasteiger charge is 2.19. The molecule has 0 spiro atoms. The average molecular weight is 362 g/mol. The fraction of sp³-hybridized carbons (Fsp3) is 0.200. The Morgan fingerprint density at radius 1 is 1.23 bits per heavy atom. The monoisotopic (exact) mass is 362 g/mol. The van der Waals surface area contributed by atoms with Crippen LogP contribution in [0.25, 0.3) is 26.7 Å². The number of aromatic nitrogens is 3. The Morgan fingerprint density at radius 2 is 2.19 bits per heavy atom. The number of methoxy groups -OCH3 is 1. The highest BCUT2D eigenvalue weighted by Crippen LogP contribution is 2.34. The topological polar surface area (TPSA) is 54.0 Å². The van der Waals surface area contributed by atoms with Crippen LogP contribution in [0.3, 0.4) is 0 Å². The predicted octanol–water partition coefficient (Wildman–Crippen LogP) is 4.47. The molecule has 0 amide bonds. The number of rotatable bonds is 3. The maximum absolute atomic E-state index is 5.39. The van der Waals surface area contributed by atoms with E-state index in [4.69, 9.17) is 4.74 Å². The molecule has 0 bridgehead atoms. The van der Waals surface area contributed by atoms with Crippen molar-refractivity contribution < 1.29 is 4.74 Å². The van der Waals surface area contributed by atoms with Gasteiger partial charge in [0.1, 0.15) is 17.9 Å². The summed E-state index contributed by atoms with van der Waals surface area (Å²) in [5, 5.41) is 3.29. The van der Waals surface area contributed by atoms with E-state index < -0.39 is 0 Å². The molecule has 1 aliphatic rings. The van der Waals surface area contributed by atoms with E-state index in [2.05, 4.69) is 55.7 Å². The molecule has 6 heteroatoms. The van der Waals surface area contributed by atoms with Gasteiger partial charge in [0.15, 0.2) is 0 Å². The lowest BCUT2D eigenvalue weighted by Gasteiger charge is -2.27. The van der Waals surface area contributed by atoms with Gasteiger partial charge in [-0.1, -0.05) is 6.08 Å². The minimum atomic E-state index is 0.857. The van der Waals surface area contributed by atoms with Gasteiger partial charge in [-0.25, -0.2) is 9.97 Å². The van der Waals surface area contributed by atoms with E-state index in [0.717, 1.165) is 42.1 Å². The molecule has 26 heavy (non-hydrogen) atoms. The first kappa shape index (κ1) is 15.4. The van der Waals surface area contributed by atoms with Crippen LogP contribution in [-0.2, 0) is 0 Å². The number of nitrogens with one attached hydrogen (secondary N) is 1. The molecule has 130 valence electrons. The molecule has 0 saturated carbocycles. The molecule has 1 aliphatic heterocycles. The van der Waals surface area contributed by atoms with Gasteiger partial charge in [-0.15, -0.1) is 11.3 Å². The number of fused-ring (bicyclic) bond motifs is 2. The van der Waals surface area contributed by atoms with E-state index in [-0.39, 0.29) is 0 Å². The van der Waals surface area contributed by atoms with E-state index in [0.29, 0.717) is 0 Å². The maximum Gasteiger partial charge on any atom is 0.150 e. The van der Waals surface area contributed by atoms with Crippen molar-refractivity contribution in [1.29, 1.82) is 0 Å². The molecular formula is C20H18N4OS. The van der Waals surface area contributed by atoms with Crippen LogP contribution < -0.4 is 9.64 Å². The molecule has 0 fully saturated rings. The van der Waals surface area contributed by atoms with Gasteiger partial charge in [0, 0.05) is 35.8 Å². The molecule has 0 saturated heterocycles. The SMILES string of the molecule is COc1ccc2[nH]cc(C3=CCN(c4ncnc5ccsc45)CC3)c2c1. The highest BCUT2D eigenvalue weighted by atomic mass is 32.1. The maximum atomic E-state index is 5.39. The summed E-state index contributed by atoms with van der Waals surface area (Å²) in [5.74, 6) is 1.93. The predicted molar refractivity (Wildman–Crippen MR) is 107 cm³/mol. The van der Waals surface area contributed by atoms with E-state index in [1.54, 1.807) is 24.8 Å². The van der Waals surface area contributed by atoms with E-state index in [1.165, 1.54) is 21.2 Å². The summed E-state index contributed by atoms with van der Waals surface area (Å²) in [7, 11) is 1.71. The Labute approximate surface area is 155 Å². The number of H-pyrrole nitrogens is 1. The number of hydrogen-bond donors (Lipinski definition) is 1. The molecule has 0 radical (unpaired) electrons. The van der Waals surface area contributed by atoms with Crippen molar-refractivity contribution in [2.75, 3.05) is 25.1 Å². The first-order chi connectivity index (χ1) is 12.8. The molecule has 3 aromatic heterocycles. The highest BCUT2D eigenvalue weighted by molar-refractivity contribution is 7.17. The van der Waals surface area contributed by atoms with Gasteiger partial charge >= 0.3 is 0 Å². The number of ether oxygens (including phenoxy) is 1. The number of anilines is 1. The van der Waals surface area contributed by atoms with Crippen LogP contribution in [0.5, 0.6) is 5.75 Å². The minimum absolute atomic E-state index is 0.857. The summed E-state index contributed by atoms with van der Waals surface area (Å²) < 4.78 is 6.56. The second kappa shape index (κ2) is 6.14. The lowest BCUT2D eigenvalue weighted by atomic mass is 9.99. The molecule has 0 atom stereocenters. The molecule has 1 aromatic carbocycles. The normalized spacial score (nSPS) is 14.8. The average Bonchev–Trinajstić information content (AvgIpc) is 3.34. The second-order valence-electron chi connectivity index (χ2n) is 6.37. The van der Waals surface area contributed by atoms with Gasteiger partial charge in [-0.3, -0.25) is 0 Å². The third kappa shape index (κ3) is 2.45. The number of nitrogens with zero attached hydrogens (tertiary/aromatic N) is 3. The number of benzene rings is 1. The zero-order valence-corrected chi connectivity index (χ0v) is 15.2. The van der Waals surface area contributed by atoms with Gasteiger partial charge in [-0.05, 0) is 41.6 Å². The lowest BCUT2D eigenvalue weighted by molar-refractivity contribution is 0.415. The third-order valence-corrected chi connectivity index (χ3v) is 5.87. The van der Waals surface area contributed by atoms with Crippen molar-refractivity contribution in [3.8, 4) is 5.75 Å². The zero-order chi connectivity index (χ0) is 17.5. The Hall–Kier alpha value is -2.86. The van der Waals surface area contributed by atoms with Crippen molar-refractivity contribution in [2.24, 2.45) is 0 Å². The standard InChI is InChI=1S/C20H18N4OS/c1-25-14-2-3-17-15(10-14)16(11-21-17)13-4-7-24(8-5-13)20-19-18(6-9-26-19)22-12-23-20/h2-4,6,9-12,21H,5,7-8H2,1H3. The molecule has 5 rings (SSSR count). The fourth-order valence-corrected chi connectivity index (χ4v) is 4.46. The summed E-state index contributed by atoms with van der Waals surface area (Å²) in [5.41, 5.74) is 4.80. The summed E-state index contributed by atoms with van der Waals surface area (Å²) in [4.78, 5) is 14.6. The van der Waals surface area contributed by atoms with Gasteiger partial charge in [-0.2, -0.15) is 0 Å². The van der Waals surface area contributed by atoms with Crippen molar-refractivity contribution in [3.63, 3.8) is 0 Å². The fourth-order valence-electron chi connectivity index (χ4n) is 3.60. The van der Waals surface area contributed by atoms with Crippen molar-refractivity contribution >= 4 is 43.8 Å². The lowest BCUT2D eigenvalue weighted by Crippen LogP contribution is -2.29. The molecule has 1 N–H and O–H groups in total. The van der Waals surface area contributed by atoms with Gasteiger partial charge in [0.05, 0.1) is 17.3 Å². The summed E-state index contributed by atoms with van der Waals surface area (Å²) >= 11 is 1.71. The van der Waals surface area contributed by atoms with Crippen LogP contribution in [0.2, 0.25) is 0 Å². The molecule has 4 aromatic rings. The number of thiophene rings is 1. The van der Waals surface area contributed by atoms with Gasteiger partial charge in [0.25, 0.3) is 0 Å². The van der Waals surface area contributed by atoms with Crippen LogP contribution in [0.1, 0.15) is 12.0 Å². The second-order valence-corrected chi connectivity index (χ2v) is 7.29. The Morgan fingerprint density at radius 3 is 3.04 bits per heavy atom. The number of aromatic amines is 1. The Kier molecular flexibility index (Phi) is 3.64. The first-order valence-corrected chi connectivity index (χ1v) is 9.49. The molecule has 4 heterocycles. The largest absolute Gasteiger partial charge is 0.497 e. The van der Waals surface area contributed by atoms with Crippen LogP contribution in [0.15, 0.2) is 48.2 Å². The summed E-state index contributed by atoms with van der Waals surface area (Å²) in [6.45, 7) is 1.81. The van der Waals surface area contributed by atoms with Crippen LogP contribution in [0, 0.1) is 0 Å². The Bertz CT molecular complexity index is 1130. The van der Waals surface area contributed by atoms with Crippen LogP contribution in [-0.4, -0.2) is 35.2 Å². The zero-order valence-electron chi connectivity index (χ0n) is 14.4. The van der Waals surface area contributed by atoms with E-state index in [1.807, 2.05) is 6.07 Å².